The van der Waals surface area contributed by atoms with E-state index in [0.717, 1.165) is 32.3 Å². The topological polar surface area (TPSA) is 97.7 Å². The number of benzene rings is 2. The monoisotopic (exact) mass is 580 g/mol. The van der Waals surface area contributed by atoms with E-state index in [9.17, 15) is 23.0 Å². The molecule has 3 heterocycles. The fraction of sp³-hybridized carbons (Fsp3) is 0.367. The fourth-order valence-electron chi connectivity index (χ4n) is 5.89. The second-order valence-electron chi connectivity index (χ2n) is 11.9. The summed E-state index contributed by atoms with van der Waals surface area (Å²) in [6.45, 7) is 10.2. The standard InChI is InChI=1S/C30H32F3N6OP/c1-29(2)14-21(17-39(18-29)16-19-8-6-5-7-9-19)36-25-13-20-12-22(24-10-11-35-28(37-24)30(31,32)33)23(15-34)27(26(20)38-25)41(3,4)40/h5-13,21,36,38H,14,16-18H2,1-4H3. The Morgan fingerprint density at radius 1 is 1.20 bits per heavy atom. The Morgan fingerprint density at radius 3 is 2.59 bits per heavy atom. The molecular formula is C30H32F3N6OP. The Kier molecular flexibility index (Phi) is 7.47. The lowest BCUT2D eigenvalue weighted by Crippen LogP contribution is -2.49. The maximum absolute atomic E-state index is 13.5. The van der Waals surface area contributed by atoms with Crippen LogP contribution in [-0.4, -0.2) is 52.3 Å². The number of hydrogen-bond acceptors (Lipinski definition) is 6. The van der Waals surface area contributed by atoms with Crippen LogP contribution in [0.15, 0.2) is 54.7 Å². The summed E-state index contributed by atoms with van der Waals surface area (Å²) >= 11 is 0. The summed E-state index contributed by atoms with van der Waals surface area (Å²) < 4.78 is 53.6. The third-order valence-corrected chi connectivity index (χ3v) is 8.79. The first-order valence-corrected chi connectivity index (χ1v) is 15.9. The zero-order valence-electron chi connectivity index (χ0n) is 23.4. The van der Waals surface area contributed by atoms with Crippen LogP contribution < -0.4 is 10.6 Å². The predicted molar refractivity (Wildman–Crippen MR) is 156 cm³/mol. The summed E-state index contributed by atoms with van der Waals surface area (Å²) in [7, 11) is -3.06. The first-order valence-electron chi connectivity index (χ1n) is 13.3. The highest BCUT2D eigenvalue weighted by Gasteiger charge is 2.36. The Hall–Kier alpha value is -3.67. The van der Waals surface area contributed by atoms with Crippen molar-refractivity contribution in [1.29, 1.82) is 5.26 Å². The smallest absolute Gasteiger partial charge is 0.368 e. The lowest BCUT2D eigenvalue weighted by atomic mass is 9.81. The van der Waals surface area contributed by atoms with Gasteiger partial charge in [0.05, 0.1) is 22.1 Å². The molecule has 1 atom stereocenters. The fourth-order valence-corrected chi connectivity index (χ4v) is 7.33. The normalized spacial score (nSPS) is 17.9. The van der Waals surface area contributed by atoms with E-state index in [1.165, 1.54) is 11.6 Å². The van der Waals surface area contributed by atoms with Crippen LogP contribution in [0.5, 0.6) is 0 Å². The molecule has 214 valence electrons. The summed E-state index contributed by atoms with van der Waals surface area (Å²) in [5.74, 6) is -0.607. The van der Waals surface area contributed by atoms with Crippen molar-refractivity contribution in [2.75, 3.05) is 31.7 Å². The third-order valence-electron chi connectivity index (χ3n) is 7.26. The quantitative estimate of drug-likeness (QED) is 0.254. The largest absolute Gasteiger partial charge is 0.451 e. The molecule has 0 saturated carbocycles. The van der Waals surface area contributed by atoms with Gasteiger partial charge in [0.15, 0.2) is 0 Å². The van der Waals surface area contributed by atoms with Crippen LogP contribution in [0.25, 0.3) is 22.2 Å². The predicted octanol–water partition coefficient (Wildman–Crippen LogP) is 6.48. The summed E-state index contributed by atoms with van der Waals surface area (Å²) in [5, 5.41) is 14.6. The van der Waals surface area contributed by atoms with Gasteiger partial charge in [0, 0.05) is 42.8 Å². The average molecular weight is 581 g/mol. The van der Waals surface area contributed by atoms with Crippen LogP contribution in [0.1, 0.15) is 37.2 Å². The van der Waals surface area contributed by atoms with Gasteiger partial charge < -0.3 is 14.9 Å². The maximum atomic E-state index is 13.5. The Bertz CT molecular complexity index is 1670. The van der Waals surface area contributed by atoms with E-state index in [1.54, 1.807) is 19.4 Å². The minimum Gasteiger partial charge on any atom is -0.368 e. The highest BCUT2D eigenvalue weighted by Crippen LogP contribution is 2.43. The van der Waals surface area contributed by atoms with Crippen molar-refractivity contribution in [2.24, 2.45) is 5.41 Å². The van der Waals surface area contributed by atoms with E-state index < -0.39 is 19.1 Å². The van der Waals surface area contributed by atoms with Gasteiger partial charge in [0.25, 0.3) is 0 Å². The molecule has 0 spiro atoms. The second-order valence-corrected chi connectivity index (χ2v) is 15.0. The van der Waals surface area contributed by atoms with E-state index in [1.807, 2.05) is 24.3 Å². The molecule has 41 heavy (non-hydrogen) atoms. The van der Waals surface area contributed by atoms with Crippen molar-refractivity contribution in [1.82, 2.24) is 19.9 Å². The van der Waals surface area contributed by atoms with Crippen molar-refractivity contribution < 1.29 is 17.7 Å². The van der Waals surface area contributed by atoms with Gasteiger partial charge in [-0.2, -0.15) is 18.4 Å². The number of likely N-dealkylation sites (tertiary alicyclic amines) is 1. The van der Waals surface area contributed by atoms with Crippen LogP contribution in [0.4, 0.5) is 19.0 Å². The lowest BCUT2D eigenvalue weighted by molar-refractivity contribution is -0.144. The Labute approximate surface area is 237 Å². The van der Waals surface area contributed by atoms with Crippen molar-refractivity contribution >= 4 is 29.2 Å². The van der Waals surface area contributed by atoms with Crippen LogP contribution >= 0.6 is 7.14 Å². The molecule has 2 aromatic carbocycles. The molecule has 2 aromatic heterocycles. The van der Waals surface area contributed by atoms with Gasteiger partial charge in [0.2, 0.25) is 5.82 Å². The molecule has 11 heteroatoms. The summed E-state index contributed by atoms with van der Waals surface area (Å²) in [4.78, 5) is 12.8. The molecule has 5 rings (SSSR count). The number of hydrogen-bond donors (Lipinski definition) is 2. The van der Waals surface area contributed by atoms with Gasteiger partial charge in [-0.25, -0.2) is 9.97 Å². The molecule has 4 aromatic rings. The van der Waals surface area contributed by atoms with E-state index in [2.05, 4.69) is 57.2 Å². The van der Waals surface area contributed by atoms with Crippen LogP contribution in [-0.2, 0) is 17.3 Å². The van der Waals surface area contributed by atoms with Crippen molar-refractivity contribution in [2.45, 2.75) is 39.0 Å². The zero-order chi connectivity index (χ0) is 29.6. The lowest BCUT2D eigenvalue weighted by Gasteiger charge is -2.43. The number of nitrogens with one attached hydrogen (secondary N) is 2. The number of nitrogens with zero attached hydrogens (tertiary/aromatic N) is 4. The summed E-state index contributed by atoms with van der Waals surface area (Å²) in [6.07, 6.45) is -2.80. The van der Waals surface area contributed by atoms with Crippen molar-refractivity contribution in [3.63, 3.8) is 0 Å². The van der Waals surface area contributed by atoms with Gasteiger partial charge in [-0.1, -0.05) is 44.2 Å². The third kappa shape index (κ3) is 6.32. The summed E-state index contributed by atoms with van der Waals surface area (Å²) in [6, 6.07) is 17.3. The number of fused-ring (bicyclic) bond motifs is 1. The molecular weight excluding hydrogens is 548 g/mol. The van der Waals surface area contributed by atoms with Gasteiger partial charge in [-0.15, -0.1) is 0 Å². The van der Waals surface area contributed by atoms with Gasteiger partial charge in [0.1, 0.15) is 19.0 Å². The van der Waals surface area contributed by atoms with E-state index >= 15 is 0 Å². The highest BCUT2D eigenvalue weighted by molar-refractivity contribution is 7.70. The first-order chi connectivity index (χ1) is 19.2. The zero-order valence-corrected chi connectivity index (χ0v) is 24.3. The molecule has 2 N–H and O–H groups in total. The van der Waals surface area contributed by atoms with Gasteiger partial charge >= 0.3 is 6.18 Å². The molecule has 0 aliphatic carbocycles. The number of anilines is 1. The average Bonchev–Trinajstić information content (AvgIpc) is 3.27. The van der Waals surface area contributed by atoms with Crippen molar-refractivity contribution in [3.05, 3.63) is 71.7 Å². The maximum Gasteiger partial charge on any atom is 0.451 e. The van der Waals surface area contributed by atoms with Gasteiger partial charge in [-0.3, -0.25) is 4.90 Å². The molecule has 1 aliphatic heterocycles. The molecule has 1 unspecified atom stereocenters. The number of piperidine rings is 1. The van der Waals surface area contributed by atoms with Gasteiger partial charge in [-0.05, 0) is 48.9 Å². The van der Waals surface area contributed by atoms with E-state index in [-0.39, 0.29) is 28.3 Å². The minimum absolute atomic E-state index is 0.0406. The number of rotatable bonds is 6. The Balaban J connectivity index is 1.53. The van der Waals surface area contributed by atoms with E-state index in [0.29, 0.717) is 22.0 Å². The minimum atomic E-state index is -4.74. The first kappa shape index (κ1) is 28.8. The molecule has 0 radical (unpaired) electrons. The molecule has 1 fully saturated rings. The summed E-state index contributed by atoms with van der Waals surface area (Å²) in [5.41, 5.74) is 2.01. The number of aromatic nitrogens is 3. The van der Waals surface area contributed by atoms with Crippen LogP contribution in [0, 0.1) is 16.7 Å². The number of aromatic amines is 1. The SMILES string of the molecule is CC1(C)CC(Nc2cc3cc(-c4ccnc(C(F)(F)F)n4)c(C#N)c(P(C)(C)=O)c3[nH]2)CN(Cc2ccccc2)C1. The molecule has 0 bridgehead atoms. The van der Waals surface area contributed by atoms with E-state index in [4.69, 9.17) is 0 Å². The second kappa shape index (κ2) is 10.6. The van der Waals surface area contributed by atoms with Crippen LogP contribution in [0.2, 0.25) is 0 Å². The number of alkyl halides is 3. The molecule has 1 saturated heterocycles. The number of nitriles is 1. The molecule has 7 nitrogen and oxygen atoms in total. The van der Waals surface area contributed by atoms with Crippen LogP contribution in [0.3, 0.4) is 0 Å². The Morgan fingerprint density at radius 2 is 1.93 bits per heavy atom. The number of halogens is 3. The molecule has 0 amide bonds. The highest BCUT2D eigenvalue weighted by atomic mass is 31.2. The molecule has 1 aliphatic rings. The van der Waals surface area contributed by atoms with Crippen molar-refractivity contribution in [3.8, 4) is 17.3 Å². The number of H-pyrrole nitrogens is 1.